The summed E-state index contributed by atoms with van der Waals surface area (Å²) >= 11 is 13.0. The molecule has 7 heteroatoms. The lowest BCUT2D eigenvalue weighted by molar-refractivity contribution is -0.124. The number of para-hydroxylation sites is 2. The SMILES string of the molecule is COc1c(Cl)cc(Cl)cc1[C@H]1[C@H]2C(=O)CC(C)(C)C=C2Nc2ccccc2N1C(=O)c1ccccc1. The minimum atomic E-state index is -0.755. The van der Waals surface area contributed by atoms with Crippen LogP contribution in [-0.4, -0.2) is 18.8 Å². The van der Waals surface area contributed by atoms with Crippen LogP contribution >= 0.6 is 23.2 Å². The van der Waals surface area contributed by atoms with Crippen LogP contribution in [0.15, 0.2) is 78.5 Å². The van der Waals surface area contributed by atoms with Gasteiger partial charge in [0, 0.05) is 28.3 Å². The predicted octanol–water partition coefficient (Wildman–Crippen LogP) is 7.31. The molecule has 36 heavy (non-hydrogen) atoms. The number of nitrogens with one attached hydrogen (secondary N) is 1. The molecule has 0 fully saturated rings. The molecule has 0 saturated heterocycles. The molecule has 1 N–H and O–H groups in total. The minimum Gasteiger partial charge on any atom is -0.495 e. The highest BCUT2D eigenvalue weighted by Gasteiger charge is 2.47. The third kappa shape index (κ3) is 4.27. The molecule has 3 aromatic rings. The van der Waals surface area contributed by atoms with E-state index in [1.807, 2.05) is 56.3 Å². The van der Waals surface area contributed by atoms with Crippen LogP contribution in [-0.2, 0) is 4.79 Å². The van der Waals surface area contributed by atoms with Gasteiger partial charge in [-0.15, -0.1) is 0 Å². The number of hydrogen-bond acceptors (Lipinski definition) is 4. The van der Waals surface area contributed by atoms with Gasteiger partial charge < -0.3 is 10.1 Å². The predicted molar refractivity (Wildman–Crippen MR) is 144 cm³/mol. The van der Waals surface area contributed by atoms with E-state index in [4.69, 9.17) is 27.9 Å². The van der Waals surface area contributed by atoms with E-state index in [-0.39, 0.29) is 17.1 Å². The Bertz CT molecular complexity index is 1380. The Morgan fingerprint density at radius 3 is 2.47 bits per heavy atom. The smallest absolute Gasteiger partial charge is 0.258 e. The van der Waals surface area contributed by atoms with E-state index in [1.165, 1.54) is 7.11 Å². The molecule has 2 atom stereocenters. The highest BCUT2D eigenvalue weighted by atomic mass is 35.5. The van der Waals surface area contributed by atoms with Crippen molar-refractivity contribution < 1.29 is 14.3 Å². The Hall–Kier alpha value is -3.28. The van der Waals surface area contributed by atoms with E-state index >= 15 is 0 Å². The zero-order valence-electron chi connectivity index (χ0n) is 20.2. The molecule has 1 aliphatic heterocycles. The fraction of sp³-hybridized carbons (Fsp3) is 0.241. The van der Waals surface area contributed by atoms with E-state index in [9.17, 15) is 9.59 Å². The van der Waals surface area contributed by atoms with Crippen molar-refractivity contribution in [1.29, 1.82) is 0 Å². The Labute approximate surface area is 220 Å². The summed E-state index contributed by atoms with van der Waals surface area (Å²) in [5.41, 5.74) is 2.86. The van der Waals surface area contributed by atoms with Crippen LogP contribution in [0.2, 0.25) is 10.0 Å². The number of carbonyl (C=O) groups excluding carboxylic acids is 2. The molecule has 0 saturated carbocycles. The molecule has 0 unspecified atom stereocenters. The van der Waals surface area contributed by atoms with Crippen molar-refractivity contribution in [2.24, 2.45) is 11.3 Å². The van der Waals surface area contributed by atoms with Crippen molar-refractivity contribution in [3.63, 3.8) is 0 Å². The number of hydrogen-bond donors (Lipinski definition) is 1. The summed E-state index contributed by atoms with van der Waals surface area (Å²) < 4.78 is 5.72. The molecule has 0 radical (unpaired) electrons. The number of allylic oxidation sites excluding steroid dienone is 1. The minimum absolute atomic E-state index is 0.0202. The van der Waals surface area contributed by atoms with Crippen LogP contribution in [0.25, 0.3) is 0 Å². The zero-order chi connectivity index (χ0) is 25.6. The normalized spacial score (nSPS) is 20.4. The van der Waals surface area contributed by atoms with Crippen LogP contribution in [0.3, 0.4) is 0 Å². The molecule has 1 amide bonds. The van der Waals surface area contributed by atoms with Gasteiger partial charge in [0.15, 0.2) is 0 Å². The molecule has 5 nitrogen and oxygen atoms in total. The molecule has 5 rings (SSSR count). The molecule has 2 aliphatic rings. The fourth-order valence-corrected chi connectivity index (χ4v) is 5.87. The maximum Gasteiger partial charge on any atom is 0.258 e. The van der Waals surface area contributed by atoms with Crippen molar-refractivity contribution in [3.8, 4) is 5.75 Å². The molecular weight excluding hydrogens is 495 g/mol. The van der Waals surface area contributed by atoms with Gasteiger partial charge in [0.25, 0.3) is 5.91 Å². The average Bonchev–Trinajstić information content (AvgIpc) is 2.97. The molecule has 1 aliphatic carbocycles. The lowest BCUT2D eigenvalue weighted by atomic mass is 9.72. The van der Waals surface area contributed by atoms with Crippen molar-refractivity contribution in [2.45, 2.75) is 26.3 Å². The van der Waals surface area contributed by atoms with Gasteiger partial charge in [0.2, 0.25) is 0 Å². The highest BCUT2D eigenvalue weighted by Crippen LogP contribution is 2.51. The third-order valence-corrected chi connectivity index (χ3v) is 7.19. The summed E-state index contributed by atoms with van der Waals surface area (Å²) in [5, 5.41) is 4.19. The van der Waals surface area contributed by atoms with E-state index in [1.54, 1.807) is 29.2 Å². The largest absolute Gasteiger partial charge is 0.495 e. The number of benzene rings is 3. The number of carbonyl (C=O) groups is 2. The topological polar surface area (TPSA) is 58.6 Å². The number of methoxy groups -OCH3 is 1. The van der Waals surface area contributed by atoms with E-state index in [0.717, 1.165) is 11.4 Å². The van der Waals surface area contributed by atoms with Crippen LogP contribution < -0.4 is 15.0 Å². The number of ketones is 1. The lowest BCUT2D eigenvalue weighted by Gasteiger charge is -2.39. The maximum atomic E-state index is 14.2. The summed E-state index contributed by atoms with van der Waals surface area (Å²) in [4.78, 5) is 29.8. The van der Waals surface area contributed by atoms with Gasteiger partial charge >= 0.3 is 0 Å². The first-order chi connectivity index (χ1) is 17.2. The monoisotopic (exact) mass is 520 g/mol. The molecule has 0 bridgehead atoms. The zero-order valence-corrected chi connectivity index (χ0v) is 21.7. The van der Waals surface area contributed by atoms with Crippen molar-refractivity contribution >= 4 is 46.3 Å². The fourth-order valence-electron chi connectivity index (χ4n) is 5.29. The number of rotatable bonds is 3. The van der Waals surface area contributed by atoms with Crippen LogP contribution in [0.1, 0.15) is 42.2 Å². The van der Waals surface area contributed by atoms with E-state index < -0.39 is 12.0 Å². The Morgan fingerprint density at radius 2 is 1.75 bits per heavy atom. The summed E-state index contributed by atoms with van der Waals surface area (Å²) in [6.45, 7) is 4.07. The van der Waals surface area contributed by atoms with Gasteiger partial charge in [-0.1, -0.05) is 73.5 Å². The molecule has 3 aromatic carbocycles. The summed E-state index contributed by atoms with van der Waals surface area (Å²) in [7, 11) is 1.52. The number of fused-ring (bicyclic) bond motifs is 2. The number of amides is 1. The van der Waals surface area contributed by atoms with Gasteiger partial charge in [-0.2, -0.15) is 0 Å². The number of halogens is 2. The first-order valence-electron chi connectivity index (χ1n) is 11.7. The van der Waals surface area contributed by atoms with Crippen molar-refractivity contribution in [2.75, 3.05) is 17.3 Å². The number of anilines is 2. The van der Waals surface area contributed by atoms with Gasteiger partial charge in [-0.05, 0) is 41.8 Å². The quantitative estimate of drug-likeness (QED) is 0.393. The molecule has 0 aromatic heterocycles. The van der Waals surface area contributed by atoms with Crippen LogP contribution in [0.4, 0.5) is 11.4 Å². The van der Waals surface area contributed by atoms with E-state index in [2.05, 4.69) is 11.4 Å². The van der Waals surface area contributed by atoms with Gasteiger partial charge in [-0.3, -0.25) is 14.5 Å². The second-order valence-electron chi connectivity index (χ2n) is 9.85. The number of nitrogens with zero attached hydrogens (tertiary/aromatic N) is 1. The number of ether oxygens (including phenoxy) is 1. The van der Waals surface area contributed by atoms with E-state index in [0.29, 0.717) is 39.0 Å². The highest BCUT2D eigenvalue weighted by molar-refractivity contribution is 6.35. The number of Topliss-reactive ketones (excluding diaryl/α,β-unsaturated/α-hetero) is 1. The second kappa shape index (κ2) is 9.30. The van der Waals surface area contributed by atoms with Crippen molar-refractivity contribution in [3.05, 3.63) is 99.7 Å². The third-order valence-electron chi connectivity index (χ3n) is 6.69. The van der Waals surface area contributed by atoms with Gasteiger partial charge in [0.1, 0.15) is 11.5 Å². The van der Waals surface area contributed by atoms with Crippen LogP contribution in [0.5, 0.6) is 5.75 Å². The summed E-state index contributed by atoms with van der Waals surface area (Å²) in [5.74, 6) is -0.520. The Kier molecular flexibility index (Phi) is 6.31. The summed E-state index contributed by atoms with van der Waals surface area (Å²) in [6, 6.07) is 19.2. The molecule has 1 heterocycles. The second-order valence-corrected chi connectivity index (χ2v) is 10.7. The van der Waals surface area contributed by atoms with Crippen molar-refractivity contribution in [1.82, 2.24) is 0 Å². The lowest BCUT2D eigenvalue weighted by Crippen LogP contribution is -2.43. The Morgan fingerprint density at radius 1 is 1.06 bits per heavy atom. The first kappa shape index (κ1) is 24.4. The van der Waals surface area contributed by atoms with Gasteiger partial charge in [0.05, 0.1) is 35.5 Å². The van der Waals surface area contributed by atoms with Gasteiger partial charge in [-0.25, -0.2) is 0 Å². The molecular formula is C29H26Cl2N2O3. The average molecular weight is 521 g/mol. The van der Waals surface area contributed by atoms with Crippen LogP contribution in [0, 0.1) is 11.3 Å². The molecule has 0 spiro atoms. The summed E-state index contributed by atoms with van der Waals surface area (Å²) in [6.07, 6.45) is 2.43. The standard InChI is InChI=1S/C29H26Cl2N2O3/c1-29(2)15-22-25(24(34)16-29)26(19-13-18(30)14-20(31)27(19)36-3)33(23-12-8-7-11-21(23)32-22)28(35)17-9-5-4-6-10-17/h4-15,25-26,32H,16H2,1-3H3/t25-,26+/m1/s1. The maximum absolute atomic E-state index is 14.2. The first-order valence-corrected chi connectivity index (χ1v) is 12.5. The molecule has 184 valence electrons. The Balaban J connectivity index is 1.85.